The van der Waals surface area contributed by atoms with E-state index in [1.165, 1.54) is 0 Å². The zero-order chi connectivity index (χ0) is 20.1. The molecule has 1 heterocycles. The van der Waals surface area contributed by atoms with Gasteiger partial charge in [0.2, 0.25) is 0 Å². The number of ether oxygens (including phenoxy) is 1. The minimum absolute atomic E-state index is 0.115. The number of carbonyl (C=O) groups is 1. The second-order valence-corrected chi connectivity index (χ2v) is 6.83. The number of hydrogen-bond acceptors (Lipinski definition) is 3. The van der Waals surface area contributed by atoms with Gasteiger partial charge < -0.3 is 9.64 Å². The van der Waals surface area contributed by atoms with Crippen LogP contribution in [0.3, 0.4) is 0 Å². The van der Waals surface area contributed by atoms with Gasteiger partial charge in [-0.1, -0.05) is 0 Å². The van der Waals surface area contributed by atoms with Crippen LogP contribution in [-0.2, 0) is 4.74 Å². The quantitative estimate of drug-likeness (QED) is 0.522. The highest BCUT2D eigenvalue weighted by atomic mass is 19.4. The van der Waals surface area contributed by atoms with Crippen LogP contribution in [0.4, 0.5) is 31.1 Å². The van der Waals surface area contributed by atoms with Gasteiger partial charge in [-0.2, -0.15) is 26.3 Å². The molecule has 0 saturated carbocycles. The fourth-order valence-electron chi connectivity index (χ4n) is 2.20. The molecule has 1 amide bonds. The number of carbonyl (C=O) groups excluding carboxylic acids is 1. The minimum atomic E-state index is -6.08. The Hall–Kier alpha value is -0.995. The predicted octanol–water partition coefficient (Wildman–Crippen LogP) is 1.52. The van der Waals surface area contributed by atoms with Crippen molar-refractivity contribution in [3.63, 3.8) is 0 Å². The van der Waals surface area contributed by atoms with Crippen LogP contribution in [0.15, 0.2) is 0 Å². The van der Waals surface area contributed by atoms with E-state index in [1.54, 1.807) is 25.7 Å². The zero-order valence-corrected chi connectivity index (χ0v) is 13.8. The molecular weight excluding hydrogens is 351 g/mol. The Labute approximate surface area is 145 Å². The molecule has 1 rings (SSSR count). The van der Waals surface area contributed by atoms with Crippen LogP contribution in [0.5, 0.6) is 0 Å². The van der Waals surface area contributed by atoms with Crippen molar-refractivity contribution in [1.82, 2.24) is 9.80 Å². The number of hydrogen-bond donors (Lipinski definition) is 0. The van der Waals surface area contributed by atoms with Crippen LogP contribution in [0.1, 0.15) is 20.8 Å². The Bertz CT molecular complexity index is 504. The van der Waals surface area contributed by atoms with Gasteiger partial charge in [-0.05, 0) is 26.1 Å². The molecule has 1 aliphatic heterocycles. The second-order valence-electron chi connectivity index (χ2n) is 6.83. The first-order valence-corrected chi connectivity index (χ1v) is 7.09. The Balaban J connectivity index is 3.04. The summed E-state index contributed by atoms with van der Waals surface area (Å²) in [5, 5.41) is -2.04. The van der Waals surface area contributed by atoms with Crippen molar-refractivity contribution >= 4 is 29.6 Å². The Morgan fingerprint density at radius 2 is 1.44 bits per heavy atom. The molecule has 0 unspecified atom stereocenters. The average Bonchev–Trinajstić information content (AvgIpc) is 2.33. The van der Waals surface area contributed by atoms with Crippen LogP contribution in [0.25, 0.3) is 0 Å². The largest absolute Gasteiger partial charge is 0.434 e. The first-order chi connectivity index (χ1) is 10.8. The summed E-state index contributed by atoms with van der Waals surface area (Å²) in [6, 6.07) is 0. The van der Waals surface area contributed by atoms with E-state index >= 15 is 0 Å². The van der Waals surface area contributed by atoms with Crippen molar-refractivity contribution < 1.29 is 35.9 Å². The average molecular weight is 366 g/mol. The van der Waals surface area contributed by atoms with Gasteiger partial charge in [0.05, 0.1) is 15.7 Å². The highest BCUT2D eigenvalue weighted by Crippen LogP contribution is 2.44. The molecule has 0 atom stereocenters. The van der Waals surface area contributed by atoms with Gasteiger partial charge in [0, 0.05) is 25.2 Å². The van der Waals surface area contributed by atoms with Crippen LogP contribution < -0.4 is 0 Å². The van der Waals surface area contributed by atoms with E-state index < -0.39 is 34.8 Å². The number of alkyl halides is 6. The van der Waals surface area contributed by atoms with E-state index in [0.29, 0.717) is 4.90 Å². The fourth-order valence-corrected chi connectivity index (χ4v) is 2.20. The number of amides is 1. The van der Waals surface area contributed by atoms with Crippen LogP contribution in [-0.4, -0.2) is 87.8 Å². The molecule has 1 aliphatic rings. The molecule has 6 radical (unpaired) electrons. The smallest absolute Gasteiger partial charge is 0.427 e. The third-order valence-corrected chi connectivity index (χ3v) is 3.80. The minimum Gasteiger partial charge on any atom is -0.434 e. The van der Waals surface area contributed by atoms with Gasteiger partial charge in [0.15, 0.2) is 7.85 Å². The molecule has 0 N–H and O–H groups in total. The normalized spacial score (nSPS) is 20.4. The number of piperazine rings is 1. The van der Waals surface area contributed by atoms with Crippen molar-refractivity contribution in [3.05, 3.63) is 0 Å². The SMILES string of the molecule is [B]C1([B])CN(C(C)(C)C)CCN1C(=O)OC([B])(C(F)(F)F)C(F)(F)F. The van der Waals surface area contributed by atoms with Crippen molar-refractivity contribution in [2.45, 2.75) is 49.5 Å². The zero-order valence-electron chi connectivity index (χ0n) is 13.8. The molecular formula is C12H15B3F6N2O2. The lowest BCUT2D eigenvalue weighted by molar-refractivity contribution is -0.331. The van der Waals surface area contributed by atoms with Crippen LogP contribution in [0, 0.1) is 0 Å². The first-order valence-electron chi connectivity index (χ1n) is 7.09. The van der Waals surface area contributed by atoms with Gasteiger partial charge in [-0.25, -0.2) is 4.79 Å². The Morgan fingerprint density at radius 3 is 1.76 bits per heavy atom. The van der Waals surface area contributed by atoms with Crippen molar-refractivity contribution in [1.29, 1.82) is 0 Å². The summed E-state index contributed by atoms with van der Waals surface area (Å²) in [7, 11) is 15.7. The molecule has 0 aromatic rings. The second kappa shape index (κ2) is 6.31. The van der Waals surface area contributed by atoms with Gasteiger partial charge in [0.1, 0.15) is 0 Å². The molecule has 13 heteroatoms. The Morgan fingerprint density at radius 1 is 1.00 bits per heavy atom. The lowest BCUT2D eigenvalue weighted by atomic mass is 9.59. The van der Waals surface area contributed by atoms with E-state index in [9.17, 15) is 31.1 Å². The van der Waals surface area contributed by atoms with Gasteiger partial charge in [0.25, 0.3) is 5.50 Å². The van der Waals surface area contributed by atoms with E-state index in [1.807, 2.05) is 0 Å². The summed E-state index contributed by atoms with van der Waals surface area (Å²) in [5.74, 6) is 0. The monoisotopic (exact) mass is 366 g/mol. The maximum atomic E-state index is 12.7. The fraction of sp³-hybridized carbons (Fsp3) is 0.917. The van der Waals surface area contributed by atoms with Gasteiger partial charge in [-0.3, -0.25) is 4.90 Å². The molecule has 0 bridgehead atoms. The molecule has 1 fully saturated rings. The van der Waals surface area contributed by atoms with E-state index in [-0.39, 0.29) is 19.6 Å². The molecule has 4 nitrogen and oxygen atoms in total. The molecule has 0 aromatic carbocycles. The lowest BCUT2D eigenvalue weighted by Crippen LogP contribution is -2.69. The van der Waals surface area contributed by atoms with Crippen LogP contribution in [0.2, 0.25) is 0 Å². The van der Waals surface area contributed by atoms with Crippen LogP contribution >= 0.6 is 0 Å². The van der Waals surface area contributed by atoms with Crippen molar-refractivity contribution in [2.75, 3.05) is 19.6 Å². The molecule has 0 spiro atoms. The summed E-state index contributed by atoms with van der Waals surface area (Å²) >= 11 is 0. The standard InChI is InChI=1S/C12H15B3F6N2O2/c1-8(2,3)22-4-5-23(9(13,14)6-22)7(24)25-10(15,11(16,17)18)12(19,20)21/h4-6H2,1-3H3. The summed E-state index contributed by atoms with van der Waals surface area (Å²) < 4.78 is 80.0. The third kappa shape index (κ3) is 4.40. The summed E-state index contributed by atoms with van der Waals surface area (Å²) in [5.41, 5.74) is -5.61. The summed E-state index contributed by atoms with van der Waals surface area (Å²) in [6.07, 6.45) is -14.2. The highest BCUT2D eigenvalue weighted by Gasteiger charge is 2.70. The predicted molar refractivity (Wildman–Crippen MR) is 79.3 cm³/mol. The topological polar surface area (TPSA) is 32.8 Å². The van der Waals surface area contributed by atoms with E-state index in [4.69, 9.17) is 15.7 Å². The molecule has 25 heavy (non-hydrogen) atoms. The maximum absolute atomic E-state index is 12.7. The molecule has 1 saturated heterocycles. The molecule has 0 aromatic heterocycles. The van der Waals surface area contributed by atoms with E-state index in [0.717, 1.165) is 0 Å². The molecule has 0 aliphatic carbocycles. The maximum Gasteiger partial charge on any atom is 0.427 e. The van der Waals surface area contributed by atoms with Crippen molar-refractivity contribution in [2.24, 2.45) is 0 Å². The number of halogens is 6. The van der Waals surface area contributed by atoms with Crippen molar-refractivity contribution in [3.8, 4) is 0 Å². The van der Waals surface area contributed by atoms with E-state index in [2.05, 4.69) is 12.6 Å². The number of rotatable bonds is 1. The van der Waals surface area contributed by atoms with Gasteiger partial charge in [-0.15, -0.1) is 0 Å². The Kier molecular flexibility index (Phi) is 5.57. The van der Waals surface area contributed by atoms with Gasteiger partial charge >= 0.3 is 18.4 Å². The lowest BCUT2D eigenvalue weighted by Gasteiger charge is -2.52. The third-order valence-electron chi connectivity index (χ3n) is 3.80. The molecule has 136 valence electrons. The summed E-state index contributed by atoms with van der Waals surface area (Å²) in [6.45, 7) is 4.99. The summed E-state index contributed by atoms with van der Waals surface area (Å²) in [4.78, 5) is 14.0. The number of nitrogens with zero attached hydrogens (tertiary/aromatic N) is 2. The highest BCUT2D eigenvalue weighted by molar-refractivity contribution is 6.41. The first kappa shape index (κ1) is 22.0.